The van der Waals surface area contributed by atoms with Crippen molar-refractivity contribution in [3.05, 3.63) is 23.8 Å². The van der Waals surface area contributed by atoms with E-state index < -0.39 is 10.0 Å². The molecule has 2 N–H and O–H groups in total. The van der Waals surface area contributed by atoms with Gasteiger partial charge in [0.25, 0.3) is 0 Å². The Balaban J connectivity index is 1.81. The van der Waals surface area contributed by atoms with E-state index in [0.717, 1.165) is 30.6 Å². The fourth-order valence-electron chi connectivity index (χ4n) is 4.70. The highest BCUT2D eigenvalue weighted by molar-refractivity contribution is 7.89. The van der Waals surface area contributed by atoms with E-state index in [1.807, 2.05) is 11.8 Å². The summed E-state index contributed by atoms with van der Waals surface area (Å²) < 4.78 is 23.3. The topological polar surface area (TPSA) is 83.7 Å². The van der Waals surface area contributed by atoms with Crippen molar-refractivity contribution in [3.63, 3.8) is 0 Å². The second-order valence-corrected chi connectivity index (χ2v) is 10.5. The highest BCUT2D eigenvalue weighted by Crippen LogP contribution is 2.34. The van der Waals surface area contributed by atoms with Crippen LogP contribution in [-0.2, 0) is 21.2 Å². The monoisotopic (exact) mass is 407 g/mol. The maximum absolute atomic E-state index is 13.3. The number of carbonyl (C=O) groups excluding carboxylic acids is 1. The van der Waals surface area contributed by atoms with Crippen molar-refractivity contribution >= 4 is 21.6 Å². The summed E-state index contributed by atoms with van der Waals surface area (Å²) in [6.45, 7) is 10.1. The number of likely N-dealkylation sites (tertiary alicyclic amines) is 1. The largest absolute Gasteiger partial charge is 0.308 e. The molecule has 0 aromatic heterocycles. The van der Waals surface area contributed by atoms with Gasteiger partial charge in [-0.05, 0) is 74.8 Å². The second kappa shape index (κ2) is 8.13. The number of anilines is 1. The van der Waals surface area contributed by atoms with Crippen LogP contribution in [0.5, 0.6) is 0 Å². The second-order valence-electron chi connectivity index (χ2n) is 8.91. The van der Waals surface area contributed by atoms with E-state index in [0.29, 0.717) is 30.8 Å². The molecule has 3 atom stereocenters. The normalized spacial score (nSPS) is 26.4. The van der Waals surface area contributed by atoms with Crippen LogP contribution in [0.4, 0.5) is 5.69 Å². The van der Waals surface area contributed by atoms with Gasteiger partial charge in [-0.25, -0.2) is 13.6 Å². The molecule has 1 aromatic rings. The van der Waals surface area contributed by atoms with Gasteiger partial charge in [0, 0.05) is 17.8 Å². The lowest BCUT2D eigenvalue weighted by atomic mass is 9.95. The van der Waals surface area contributed by atoms with Crippen LogP contribution in [-0.4, -0.2) is 44.4 Å². The van der Waals surface area contributed by atoms with Gasteiger partial charge in [0.05, 0.1) is 11.4 Å². The molecule has 3 unspecified atom stereocenters. The fourth-order valence-corrected chi connectivity index (χ4v) is 5.26. The molecule has 7 heteroatoms. The molecule has 0 spiro atoms. The summed E-state index contributed by atoms with van der Waals surface area (Å²) in [5.74, 6) is 1.30. The average Bonchev–Trinajstić information content (AvgIpc) is 2.81. The highest BCUT2D eigenvalue weighted by atomic mass is 32.2. The Labute approximate surface area is 169 Å². The third-order valence-electron chi connectivity index (χ3n) is 6.31. The van der Waals surface area contributed by atoms with Crippen LogP contribution in [0, 0.1) is 11.8 Å². The van der Waals surface area contributed by atoms with Gasteiger partial charge in [0.2, 0.25) is 15.9 Å². The minimum Gasteiger partial charge on any atom is -0.308 e. The van der Waals surface area contributed by atoms with Crippen LogP contribution in [0.15, 0.2) is 23.1 Å². The Morgan fingerprint density at radius 3 is 2.57 bits per heavy atom. The van der Waals surface area contributed by atoms with Crippen LogP contribution in [0.3, 0.4) is 0 Å². The first-order chi connectivity index (χ1) is 13.1. The lowest BCUT2D eigenvalue weighted by Crippen LogP contribution is -2.47. The molecule has 2 heterocycles. The zero-order valence-corrected chi connectivity index (χ0v) is 18.2. The molecule has 156 valence electrons. The summed E-state index contributed by atoms with van der Waals surface area (Å²) >= 11 is 0. The number of nitrogens with two attached hydrogens (primary N) is 1. The number of amides is 1. The Bertz CT molecular complexity index is 837. The van der Waals surface area contributed by atoms with E-state index in [2.05, 4.69) is 25.7 Å². The van der Waals surface area contributed by atoms with Gasteiger partial charge in [-0.1, -0.05) is 20.8 Å². The van der Waals surface area contributed by atoms with Crippen LogP contribution in [0.25, 0.3) is 0 Å². The highest BCUT2D eigenvalue weighted by Gasteiger charge is 2.34. The molecule has 0 bridgehead atoms. The summed E-state index contributed by atoms with van der Waals surface area (Å²) in [6, 6.07) is 5.27. The minimum absolute atomic E-state index is 0.0154. The molecule has 1 amide bonds. The van der Waals surface area contributed by atoms with Crippen molar-refractivity contribution in [1.29, 1.82) is 0 Å². The predicted molar refractivity (Wildman–Crippen MR) is 112 cm³/mol. The first-order valence-corrected chi connectivity index (χ1v) is 11.8. The van der Waals surface area contributed by atoms with E-state index in [1.54, 1.807) is 12.1 Å². The Hall–Kier alpha value is -1.44. The van der Waals surface area contributed by atoms with Crippen molar-refractivity contribution in [2.24, 2.45) is 17.0 Å². The molecule has 6 nitrogen and oxygen atoms in total. The van der Waals surface area contributed by atoms with Crippen molar-refractivity contribution in [1.82, 2.24) is 4.90 Å². The third kappa shape index (κ3) is 4.42. The Morgan fingerprint density at radius 1 is 1.21 bits per heavy atom. The van der Waals surface area contributed by atoms with Crippen molar-refractivity contribution in [2.75, 3.05) is 18.0 Å². The number of primary sulfonamides is 1. The molecular formula is C21H33N3O3S. The van der Waals surface area contributed by atoms with Gasteiger partial charge in [-0.3, -0.25) is 9.69 Å². The number of nitrogens with zero attached hydrogens (tertiary/aromatic N) is 2. The first kappa shape index (κ1) is 21.3. The van der Waals surface area contributed by atoms with E-state index in [1.165, 1.54) is 12.5 Å². The number of hydrogen-bond acceptors (Lipinski definition) is 4. The van der Waals surface area contributed by atoms with Crippen LogP contribution in [0.1, 0.15) is 52.5 Å². The van der Waals surface area contributed by atoms with E-state index in [-0.39, 0.29) is 16.8 Å². The molecule has 3 rings (SSSR count). The molecule has 2 aliphatic rings. The molecule has 1 fully saturated rings. The molecule has 0 aliphatic carbocycles. The van der Waals surface area contributed by atoms with Gasteiger partial charge in [-0.15, -0.1) is 0 Å². The predicted octanol–water partition coefficient (Wildman–Crippen LogP) is 2.76. The van der Waals surface area contributed by atoms with Crippen molar-refractivity contribution in [2.45, 2.75) is 70.4 Å². The Morgan fingerprint density at radius 2 is 1.93 bits per heavy atom. The number of hydrogen-bond donors (Lipinski definition) is 1. The number of carbonyl (C=O) groups is 1. The smallest absolute Gasteiger partial charge is 0.241 e. The molecule has 2 aliphatic heterocycles. The fraction of sp³-hybridized carbons (Fsp3) is 0.667. The van der Waals surface area contributed by atoms with Gasteiger partial charge in [0.15, 0.2) is 0 Å². The first-order valence-electron chi connectivity index (χ1n) is 10.3. The number of fused-ring (bicyclic) bond motifs is 1. The summed E-state index contributed by atoms with van der Waals surface area (Å²) in [5, 5.41) is 5.26. The summed E-state index contributed by atoms with van der Waals surface area (Å²) in [7, 11) is -3.74. The van der Waals surface area contributed by atoms with Gasteiger partial charge < -0.3 is 4.90 Å². The van der Waals surface area contributed by atoms with Crippen molar-refractivity contribution in [3.8, 4) is 0 Å². The summed E-state index contributed by atoms with van der Waals surface area (Å²) in [5.41, 5.74) is 1.69. The summed E-state index contributed by atoms with van der Waals surface area (Å²) in [6.07, 6.45) is 4.12. The van der Waals surface area contributed by atoms with Gasteiger partial charge in [0.1, 0.15) is 0 Å². The average molecular weight is 408 g/mol. The molecule has 0 radical (unpaired) electrons. The number of rotatable bonds is 4. The van der Waals surface area contributed by atoms with Crippen LogP contribution in [0.2, 0.25) is 0 Å². The Kier molecular flexibility index (Phi) is 6.17. The van der Waals surface area contributed by atoms with E-state index in [9.17, 15) is 13.2 Å². The molecule has 0 saturated carbocycles. The maximum atomic E-state index is 13.3. The number of sulfonamides is 1. The third-order valence-corrected chi connectivity index (χ3v) is 7.22. The minimum atomic E-state index is -3.74. The molecular weight excluding hydrogens is 374 g/mol. The molecule has 28 heavy (non-hydrogen) atoms. The van der Waals surface area contributed by atoms with Crippen LogP contribution >= 0.6 is 0 Å². The van der Waals surface area contributed by atoms with Gasteiger partial charge in [-0.2, -0.15) is 0 Å². The SMILES string of the molecule is CC1CCC(C(C)C)N(CC(=O)N2c3ccc(S(N)(=O)=O)cc3CC2C)CC1. The lowest BCUT2D eigenvalue weighted by molar-refractivity contribution is -0.120. The zero-order chi connectivity index (χ0) is 20.6. The molecule has 1 saturated heterocycles. The number of benzene rings is 1. The standard InChI is InChI=1S/C21H33N3O3S/c1-14(2)19-7-5-15(3)9-10-23(19)13-21(25)24-16(4)11-17-12-18(28(22,26)27)6-8-20(17)24/h6,8,12,14-16,19H,5,7,9-11,13H2,1-4H3,(H2,22,26,27). The quantitative estimate of drug-likeness (QED) is 0.832. The maximum Gasteiger partial charge on any atom is 0.241 e. The lowest BCUT2D eigenvalue weighted by Gasteiger charge is -2.34. The van der Waals surface area contributed by atoms with E-state index >= 15 is 0 Å². The van der Waals surface area contributed by atoms with Crippen LogP contribution < -0.4 is 10.0 Å². The molecule has 1 aromatic carbocycles. The zero-order valence-electron chi connectivity index (χ0n) is 17.4. The summed E-state index contributed by atoms with van der Waals surface area (Å²) in [4.78, 5) is 17.6. The van der Waals surface area contributed by atoms with Crippen molar-refractivity contribution < 1.29 is 13.2 Å². The van der Waals surface area contributed by atoms with E-state index in [4.69, 9.17) is 5.14 Å². The van der Waals surface area contributed by atoms with Gasteiger partial charge >= 0.3 is 0 Å².